The summed E-state index contributed by atoms with van der Waals surface area (Å²) in [6, 6.07) is 9.78. The van der Waals surface area contributed by atoms with Gasteiger partial charge in [-0.1, -0.05) is 30.3 Å². The summed E-state index contributed by atoms with van der Waals surface area (Å²) in [5.74, 6) is 0.0451. The monoisotopic (exact) mass is 310 g/mol. The number of benzene rings is 1. The fourth-order valence-electron chi connectivity index (χ4n) is 3.02. The van der Waals surface area contributed by atoms with Crippen molar-refractivity contribution >= 4 is 5.91 Å². The normalized spacial score (nSPS) is 16.0. The van der Waals surface area contributed by atoms with Crippen molar-refractivity contribution in [2.75, 3.05) is 6.54 Å². The average Bonchev–Trinajstić information content (AvgIpc) is 2.55. The Morgan fingerprint density at radius 3 is 2.78 bits per heavy atom. The van der Waals surface area contributed by atoms with E-state index in [0.29, 0.717) is 6.54 Å². The van der Waals surface area contributed by atoms with Crippen LogP contribution in [0, 0.1) is 0 Å². The van der Waals surface area contributed by atoms with Gasteiger partial charge in [-0.25, -0.2) is 9.97 Å². The van der Waals surface area contributed by atoms with Crippen LogP contribution in [0.2, 0.25) is 0 Å². The zero-order valence-corrected chi connectivity index (χ0v) is 13.6. The van der Waals surface area contributed by atoms with Crippen LogP contribution in [-0.2, 0) is 17.8 Å². The molecule has 1 amide bonds. The van der Waals surface area contributed by atoms with E-state index in [1.54, 1.807) is 6.33 Å². The van der Waals surface area contributed by atoms with E-state index in [1.807, 2.05) is 50.4 Å². The molecule has 3 rings (SSSR count). The highest BCUT2D eigenvalue weighted by Crippen LogP contribution is 2.27. The van der Waals surface area contributed by atoms with E-state index >= 15 is 0 Å². The second kappa shape index (κ2) is 6.87. The molecule has 2 aromatic rings. The maximum absolute atomic E-state index is 12.8. The molecule has 1 aromatic heterocycles. The molecule has 2 heterocycles. The Morgan fingerprint density at radius 2 is 2.04 bits per heavy atom. The number of nitrogens with one attached hydrogen (secondary N) is 1. The van der Waals surface area contributed by atoms with Crippen LogP contribution in [0.15, 0.2) is 42.9 Å². The zero-order valence-electron chi connectivity index (χ0n) is 13.6. The first kappa shape index (κ1) is 15.6. The van der Waals surface area contributed by atoms with Gasteiger partial charge in [0.1, 0.15) is 12.4 Å². The third kappa shape index (κ3) is 3.56. The number of amides is 1. The predicted octanol–water partition coefficient (Wildman–Crippen LogP) is 2.10. The lowest BCUT2D eigenvalue weighted by atomic mass is 9.99. The van der Waals surface area contributed by atoms with Gasteiger partial charge in [0.2, 0.25) is 5.91 Å². The minimum Gasteiger partial charge on any atom is -0.352 e. The minimum atomic E-state index is -0.290. The number of nitrogens with zero attached hydrogens (tertiary/aromatic N) is 3. The summed E-state index contributed by atoms with van der Waals surface area (Å²) in [4.78, 5) is 23.4. The lowest BCUT2D eigenvalue weighted by Gasteiger charge is -2.34. The Hall–Kier alpha value is -2.27. The first-order valence-corrected chi connectivity index (χ1v) is 8.02. The van der Waals surface area contributed by atoms with Crippen LogP contribution in [0.4, 0.5) is 0 Å². The van der Waals surface area contributed by atoms with Crippen LogP contribution in [-0.4, -0.2) is 33.4 Å². The van der Waals surface area contributed by atoms with Crippen molar-refractivity contribution in [2.24, 2.45) is 0 Å². The number of hydrogen-bond donors (Lipinski definition) is 1. The van der Waals surface area contributed by atoms with Crippen LogP contribution in [0.5, 0.6) is 0 Å². The lowest BCUT2D eigenvalue weighted by Crippen LogP contribution is -2.44. The summed E-state index contributed by atoms with van der Waals surface area (Å²) < 4.78 is 0. The van der Waals surface area contributed by atoms with Crippen molar-refractivity contribution < 1.29 is 4.79 Å². The molecule has 1 N–H and O–H groups in total. The molecule has 23 heavy (non-hydrogen) atoms. The third-order valence-corrected chi connectivity index (χ3v) is 4.06. The molecule has 0 spiro atoms. The van der Waals surface area contributed by atoms with Gasteiger partial charge < -0.3 is 5.32 Å². The van der Waals surface area contributed by atoms with Gasteiger partial charge >= 0.3 is 0 Å². The summed E-state index contributed by atoms with van der Waals surface area (Å²) in [6.45, 7) is 5.46. The van der Waals surface area contributed by atoms with Crippen molar-refractivity contribution in [3.8, 4) is 0 Å². The molecular weight excluding hydrogens is 288 g/mol. The molecule has 0 fully saturated rings. The Labute approximate surface area is 136 Å². The van der Waals surface area contributed by atoms with Gasteiger partial charge in [-0.2, -0.15) is 0 Å². The molecule has 0 aliphatic carbocycles. The minimum absolute atomic E-state index is 0.0451. The molecule has 1 aliphatic heterocycles. The van der Waals surface area contributed by atoms with Gasteiger partial charge in [-0.05, 0) is 31.4 Å². The van der Waals surface area contributed by atoms with Crippen LogP contribution < -0.4 is 5.32 Å². The van der Waals surface area contributed by atoms with E-state index in [0.717, 1.165) is 24.2 Å². The highest BCUT2D eigenvalue weighted by Gasteiger charge is 2.31. The van der Waals surface area contributed by atoms with Crippen molar-refractivity contribution in [3.63, 3.8) is 0 Å². The molecule has 0 bridgehead atoms. The summed E-state index contributed by atoms with van der Waals surface area (Å²) in [6.07, 6.45) is 4.33. The molecule has 0 saturated carbocycles. The number of rotatable bonds is 4. The molecule has 0 unspecified atom stereocenters. The molecule has 0 saturated heterocycles. The number of fused-ring (bicyclic) bond motifs is 1. The van der Waals surface area contributed by atoms with E-state index in [2.05, 4.69) is 20.2 Å². The highest BCUT2D eigenvalue weighted by atomic mass is 16.2. The molecule has 1 aliphatic rings. The quantitative estimate of drug-likeness (QED) is 0.939. The molecular formula is C18H22N4O. The zero-order chi connectivity index (χ0) is 16.2. The van der Waals surface area contributed by atoms with Gasteiger partial charge in [0.05, 0.1) is 5.69 Å². The maximum atomic E-state index is 12.8. The van der Waals surface area contributed by atoms with E-state index in [1.165, 1.54) is 5.56 Å². The molecule has 1 atom stereocenters. The Bertz CT molecular complexity index is 672. The number of carbonyl (C=O) groups excluding carboxylic acids is 1. The Kier molecular flexibility index (Phi) is 4.67. The van der Waals surface area contributed by atoms with Gasteiger partial charge in [-0.15, -0.1) is 0 Å². The third-order valence-electron chi connectivity index (χ3n) is 4.06. The van der Waals surface area contributed by atoms with Gasteiger partial charge in [0.15, 0.2) is 0 Å². The Morgan fingerprint density at radius 1 is 1.26 bits per heavy atom. The second-order valence-corrected chi connectivity index (χ2v) is 6.19. The standard InChI is InChI=1S/C18H22N4O/c1-13(2)21-18(23)17(14-6-4-3-5-7-14)22-9-8-15-10-19-12-20-16(15)11-22/h3-7,10,12-13,17H,8-9,11H2,1-2H3,(H,21,23)/t17-/m1/s1. The topological polar surface area (TPSA) is 58.1 Å². The van der Waals surface area contributed by atoms with Gasteiger partial charge in [-0.3, -0.25) is 9.69 Å². The first-order valence-electron chi connectivity index (χ1n) is 8.02. The van der Waals surface area contributed by atoms with Gasteiger partial charge in [0, 0.05) is 25.3 Å². The van der Waals surface area contributed by atoms with E-state index in [4.69, 9.17) is 0 Å². The van der Waals surface area contributed by atoms with Crippen LogP contribution in [0.25, 0.3) is 0 Å². The number of hydrogen-bond acceptors (Lipinski definition) is 4. The number of carbonyl (C=O) groups is 1. The van der Waals surface area contributed by atoms with Crippen molar-refractivity contribution in [2.45, 2.75) is 38.9 Å². The first-order chi connectivity index (χ1) is 11.1. The molecule has 1 aromatic carbocycles. The smallest absolute Gasteiger partial charge is 0.242 e. The Balaban J connectivity index is 1.89. The average molecular weight is 310 g/mol. The summed E-state index contributed by atoms with van der Waals surface area (Å²) >= 11 is 0. The maximum Gasteiger partial charge on any atom is 0.242 e. The van der Waals surface area contributed by atoms with E-state index < -0.39 is 0 Å². The van der Waals surface area contributed by atoms with E-state index in [-0.39, 0.29) is 18.0 Å². The fourth-order valence-corrected chi connectivity index (χ4v) is 3.02. The molecule has 120 valence electrons. The molecule has 0 radical (unpaired) electrons. The summed E-state index contributed by atoms with van der Waals surface area (Å²) in [5.41, 5.74) is 3.22. The van der Waals surface area contributed by atoms with Gasteiger partial charge in [0.25, 0.3) is 0 Å². The largest absolute Gasteiger partial charge is 0.352 e. The molecule has 5 nitrogen and oxygen atoms in total. The summed E-state index contributed by atoms with van der Waals surface area (Å²) in [5, 5.41) is 3.05. The predicted molar refractivity (Wildman–Crippen MR) is 88.6 cm³/mol. The summed E-state index contributed by atoms with van der Waals surface area (Å²) in [7, 11) is 0. The SMILES string of the molecule is CC(C)NC(=O)[C@@H](c1ccccc1)N1CCc2cncnc2C1. The van der Waals surface area contributed by atoms with Crippen molar-refractivity contribution in [3.05, 3.63) is 59.7 Å². The number of aromatic nitrogens is 2. The lowest BCUT2D eigenvalue weighted by molar-refractivity contribution is -0.127. The highest BCUT2D eigenvalue weighted by molar-refractivity contribution is 5.83. The van der Waals surface area contributed by atoms with Crippen molar-refractivity contribution in [1.29, 1.82) is 0 Å². The van der Waals surface area contributed by atoms with Crippen LogP contribution in [0.1, 0.15) is 36.7 Å². The fraction of sp³-hybridized carbons (Fsp3) is 0.389. The van der Waals surface area contributed by atoms with Crippen molar-refractivity contribution in [1.82, 2.24) is 20.2 Å². The second-order valence-electron chi connectivity index (χ2n) is 6.19. The van der Waals surface area contributed by atoms with Crippen LogP contribution >= 0.6 is 0 Å². The van der Waals surface area contributed by atoms with Crippen LogP contribution in [0.3, 0.4) is 0 Å². The van der Waals surface area contributed by atoms with E-state index in [9.17, 15) is 4.79 Å². The molecule has 5 heteroatoms.